The van der Waals surface area contributed by atoms with Crippen molar-refractivity contribution in [1.82, 2.24) is 0 Å². The number of benzene rings is 1. The standard InChI is InChI=1S/C13H14.2C2H6/c1-3-5-9-12(4-2)13-10-7-6-8-11-13;2*1-2/h3-11H,2H2,1H3;2*1-2H3/b5-3-,12-9+;;. The summed E-state index contributed by atoms with van der Waals surface area (Å²) >= 11 is 0. The lowest BCUT2D eigenvalue weighted by molar-refractivity contribution is 1.50. The first-order chi connectivity index (χ1) is 8.38. The van der Waals surface area contributed by atoms with Crippen LogP contribution in [0, 0.1) is 0 Å². The fraction of sp³-hybridized carbons (Fsp3) is 0.294. The molecule has 1 aromatic carbocycles. The zero-order valence-electron chi connectivity index (χ0n) is 11.9. The SMILES string of the molecule is C=C/C(=C\C=C/C)c1ccccc1.CC.CC. The fourth-order valence-corrected chi connectivity index (χ4v) is 1.11. The molecular formula is C17H26. The second-order valence-electron chi connectivity index (χ2n) is 2.72. The third-order valence-electron chi connectivity index (χ3n) is 1.80. The van der Waals surface area contributed by atoms with Crippen molar-refractivity contribution < 1.29 is 0 Å². The predicted octanol–water partition coefficient (Wildman–Crippen LogP) is 5.88. The molecule has 0 saturated heterocycles. The van der Waals surface area contributed by atoms with Crippen molar-refractivity contribution in [3.63, 3.8) is 0 Å². The average Bonchev–Trinajstić information content (AvgIpc) is 2.45. The van der Waals surface area contributed by atoms with E-state index < -0.39 is 0 Å². The molecule has 0 bridgehead atoms. The van der Waals surface area contributed by atoms with Crippen molar-refractivity contribution in [2.24, 2.45) is 0 Å². The molecule has 0 radical (unpaired) electrons. The molecule has 0 aliphatic carbocycles. The summed E-state index contributed by atoms with van der Waals surface area (Å²) in [5.74, 6) is 0. The summed E-state index contributed by atoms with van der Waals surface area (Å²) in [6.07, 6.45) is 7.95. The minimum atomic E-state index is 1.15. The molecule has 1 aromatic rings. The van der Waals surface area contributed by atoms with Crippen molar-refractivity contribution >= 4 is 5.57 Å². The molecular weight excluding hydrogens is 204 g/mol. The maximum atomic E-state index is 3.79. The highest BCUT2D eigenvalue weighted by Gasteiger charge is 1.92. The largest absolute Gasteiger partial charge is 0.0984 e. The Labute approximate surface area is 107 Å². The Balaban J connectivity index is 0. The van der Waals surface area contributed by atoms with Gasteiger partial charge in [0.1, 0.15) is 0 Å². The third kappa shape index (κ3) is 8.27. The molecule has 0 spiro atoms. The van der Waals surface area contributed by atoms with Crippen LogP contribution in [0.2, 0.25) is 0 Å². The first-order valence-corrected chi connectivity index (χ1v) is 6.39. The van der Waals surface area contributed by atoms with Gasteiger partial charge in [0.05, 0.1) is 0 Å². The van der Waals surface area contributed by atoms with E-state index in [9.17, 15) is 0 Å². The van der Waals surface area contributed by atoms with Gasteiger partial charge < -0.3 is 0 Å². The molecule has 0 aliphatic rings. The highest BCUT2D eigenvalue weighted by atomic mass is 14.0. The highest BCUT2D eigenvalue weighted by molar-refractivity contribution is 5.74. The molecule has 0 atom stereocenters. The van der Waals surface area contributed by atoms with Crippen molar-refractivity contribution in [1.29, 1.82) is 0 Å². The van der Waals surface area contributed by atoms with Crippen LogP contribution in [0.4, 0.5) is 0 Å². The lowest BCUT2D eigenvalue weighted by Gasteiger charge is -1.99. The predicted molar refractivity (Wildman–Crippen MR) is 82.1 cm³/mol. The average molecular weight is 230 g/mol. The monoisotopic (exact) mass is 230 g/mol. The van der Waals surface area contributed by atoms with Gasteiger partial charge in [-0.15, -0.1) is 0 Å². The zero-order valence-corrected chi connectivity index (χ0v) is 11.9. The van der Waals surface area contributed by atoms with Crippen molar-refractivity contribution in [2.45, 2.75) is 34.6 Å². The first kappa shape index (κ1) is 17.8. The summed E-state index contributed by atoms with van der Waals surface area (Å²) in [6, 6.07) is 10.2. The van der Waals surface area contributed by atoms with Gasteiger partial charge in [-0.25, -0.2) is 0 Å². The van der Waals surface area contributed by atoms with E-state index in [1.54, 1.807) is 0 Å². The topological polar surface area (TPSA) is 0 Å². The summed E-state index contributed by atoms with van der Waals surface area (Å²) < 4.78 is 0. The van der Waals surface area contributed by atoms with Crippen molar-refractivity contribution in [3.8, 4) is 0 Å². The van der Waals surface area contributed by atoms with Gasteiger partial charge in [0, 0.05) is 0 Å². The summed E-state index contributed by atoms with van der Waals surface area (Å²) in [4.78, 5) is 0. The van der Waals surface area contributed by atoms with Gasteiger partial charge >= 0.3 is 0 Å². The Morgan fingerprint density at radius 1 is 1.00 bits per heavy atom. The van der Waals surface area contributed by atoms with E-state index in [1.807, 2.05) is 71.0 Å². The van der Waals surface area contributed by atoms with E-state index >= 15 is 0 Å². The molecule has 0 heteroatoms. The van der Waals surface area contributed by atoms with Crippen LogP contribution in [-0.2, 0) is 0 Å². The van der Waals surface area contributed by atoms with Gasteiger partial charge in [-0.05, 0) is 18.1 Å². The molecule has 94 valence electrons. The van der Waals surface area contributed by atoms with E-state index in [2.05, 4.69) is 24.8 Å². The van der Waals surface area contributed by atoms with Crippen LogP contribution in [0.25, 0.3) is 5.57 Å². The molecule has 0 aromatic heterocycles. The van der Waals surface area contributed by atoms with Crippen LogP contribution in [0.5, 0.6) is 0 Å². The van der Waals surface area contributed by atoms with Gasteiger partial charge in [0.2, 0.25) is 0 Å². The van der Waals surface area contributed by atoms with E-state index in [0.29, 0.717) is 0 Å². The smallest absolute Gasteiger partial charge is 0.0184 e. The molecule has 0 amide bonds. The van der Waals surface area contributed by atoms with Crippen LogP contribution in [0.15, 0.2) is 61.2 Å². The molecule has 0 fully saturated rings. The Hall–Kier alpha value is -1.56. The molecule has 0 nitrogen and oxygen atoms in total. The second kappa shape index (κ2) is 14.4. The Bertz CT molecular complexity index is 315. The normalized spacial score (nSPS) is 9.82. The van der Waals surface area contributed by atoms with Crippen LogP contribution < -0.4 is 0 Å². The van der Waals surface area contributed by atoms with E-state index in [4.69, 9.17) is 0 Å². The zero-order chi connectivity index (χ0) is 13.5. The molecule has 0 aliphatic heterocycles. The van der Waals surface area contributed by atoms with E-state index in [-0.39, 0.29) is 0 Å². The fourth-order valence-electron chi connectivity index (χ4n) is 1.11. The molecule has 0 N–H and O–H groups in total. The molecule has 17 heavy (non-hydrogen) atoms. The molecule has 0 saturated carbocycles. The summed E-state index contributed by atoms with van der Waals surface area (Å²) in [7, 11) is 0. The lowest BCUT2D eigenvalue weighted by Crippen LogP contribution is -1.77. The number of allylic oxidation sites excluding steroid dienone is 5. The van der Waals surface area contributed by atoms with E-state index in [1.165, 1.54) is 5.56 Å². The second-order valence-corrected chi connectivity index (χ2v) is 2.72. The minimum absolute atomic E-state index is 1.15. The Kier molecular flexibility index (Phi) is 15.1. The van der Waals surface area contributed by atoms with Crippen LogP contribution in [-0.4, -0.2) is 0 Å². The van der Waals surface area contributed by atoms with Crippen LogP contribution in [0.1, 0.15) is 40.2 Å². The maximum absolute atomic E-state index is 3.79. The maximum Gasteiger partial charge on any atom is -0.0184 e. The van der Waals surface area contributed by atoms with Crippen LogP contribution >= 0.6 is 0 Å². The Morgan fingerprint density at radius 2 is 1.53 bits per heavy atom. The number of hydrogen-bond donors (Lipinski definition) is 0. The minimum Gasteiger partial charge on any atom is -0.0984 e. The number of rotatable bonds is 3. The van der Waals surface area contributed by atoms with Gasteiger partial charge in [0.25, 0.3) is 0 Å². The van der Waals surface area contributed by atoms with Gasteiger partial charge in [0.15, 0.2) is 0 Å². The summed E-state index contributed by atoms with van der Waals surface area (Å²) in [5.41, 5.74) is 2.36. The molecule has 0 heterocycles. The van der Waals surface area contributed by atoms with Gasteiger partial charge in [-0.1, -0.05) is 88.9 Å². The quantitative estimate of drug-likeness (QED) is 0.568. The number of hydrogen-bond acceptors (Lipinski definition) is 0. The summed E-state index contributed by atoms with van der Waals surface area (Å²) in [5, 5.41) is 0. The van der Waals surface area contributed by atoms with Gasteiger partial charge in [-0.3, -0.25) is 0 Å². The molecule has 0 unspecified atom stereocenters. The van der Waals surface area contributed by atoms with Crippen molar-refractivity contribution in [3.05, 3.63) is 66.8 Å². The first-order valence-electron chi connectivity index (χ1n) is 6.39. The lowest BCUT2D eigenvalue weighted by atomic mass is 10.1. The molecule has 1 rings (SSSR count). The van der Waals surface area contributed by atoms with Crippen LogP contribution in [0.3, 0.4) is 0 Å². The van der Waals surface area contributed by atoms with Gasteiger partial charge in [-0.2, -0.15) is 0 Å². The third-order valence-corrected chi connectivity index (χ3v) is 1.80. The summed E-state index contributed by atoms with van der Waals surface area (Å²) in [6.45, 7) is 13.8. The van der Waals surface area contributed by atoms with Crippen molar-refractivity contribution in [2.75, 3.05) is 0 Å². The van der Waals surface area contributed by atoms with E-state index in [0.717, 1.165) is 5.57 Å². The Morgan fingerprint density at radius 3 is 1.94 bits per heavy atom. The highest BCUT2D eigenvalue weighted by Crippen LogP contribution is 2.14.